The smallest absolute Gasteiger partial charge is 0.261 e. The van der Waals surface area contributed by atoms with Gasteiger partial charge in [0, 0.05) is 22.6 Å². The summed E-state index contributed by atoms with van der Waals surface area (Å²) in [5.74, 6) is -0.605. The van der Waals surface area contributed by atoms with Crippen molar-refractivity contribution in [1.29, 1.82) is 0 Å². The van der Waals surface area contributed by atoms with Gasteiger partial charge < -0.3 is 5.73 Å². The Bertz CT molecular complexity index is 757. The molecule has 4 nitrogen and oxygen atoms in total. The lowest BCUT2D eigenvalue weighted by Crippen LogP contribution is -2.41. The lowest BCUT2D eigenvalue weighted by Gasteiger charge is -2.19. The second kappa shape index (κ2) is 6.32. The highest BCUT2D eigenvalue weighted by Crippen LogP contribution is 2.24. The number of hydrogen-bond acceptors (Lipinski definition) is 3. The average molecular weight is 349 g/mol. The second-order valence-electron chi connectivity index (χ2n) is 5.47. The van der Waals surface area contributed by atoms with Crippen LogP contribution in [0.25, 0.3) is 0 Å². The molecule has 1 heterocycles. The second-order valence-corrected chi connectivity index (χ2v) is 6.31. The van der Waals surface area contributed by atoms with E-state index in [-0.39, 0.29) is 18.4 Å². The van der Waals surface area contributed by atoms with Crippen LogP contribution in [0.5, 0.6) is 0 Å². The molecule has 2 aromatic carbocycles. The maximum Gasteiger partial charge on any atom is 0.261 e. The average Bonchev–Trinajstić information content (AvgIpc) is 2.76. The molecule has 0 aliphatic carbocycles. The van der Waals surface area contributed by atoms with Crippen molar-refractivity contribution in [1.82, 2.24) is 4.90 Å². The Morgan fingerprint density at radius 3 is 2.17 bits per heavy atom. The number of hydrogen-bond donors (Lipinski definition) is 1. The number of halogens is 2. The van der Waals surface area contributed by atoms with Gasteiger partial charge in [-0.25, -0.2) is 0 Å². The molecule has 0 radical (unpaired) electrons. The van der Waals surface area contributed by atoms with Gasteiger partial charge in [-0.2, -0.15) is 0 Å². The fourth-order valence-corrected chi connectivity index (χ4v) is 3.16. The number of carbonyl (C=O) groups is 2. The lowest BCUT2D eigenvalue weighted by molar-refractivity contribution is 0.0644. The van der Waals surface area contributed by atoms with E-state index in [1.807, 2.05) is 0 Å². The highest BCUT2D eigenvalue weighted by Gasteiger charge is 2.35. The highest BCUT2D eigenvalue weighted by atomic mass is 35.5. The quantitative estimate of drug-likeness (QED) is 0.863. The van der Waals surface area contributed by atoms with Gasteiger partial charge in [0.25, 0.3) is 11.8 Å². The van der Waals surface area contributed by atoms with E-state index in [4.69, 9.17) is 28.9 Å². The summed E-state index contributed by atoms with van der Waals surface area (Å²) in [5, 5.41) is 1.07. The van der Waals surface area contributed by atoms with Gasteiger partial charge in [0.2, 0.25) is 0 Å². The molecule has 0 bridgehead atoms. The number of nitrogens with zero attached hydrogens (tertiary/aromatic N) is 1. The first kappa shape index (κ1) is 16.0. The summed E-state index contributed by atoms with van der Waals surface area (Å²) in [6, 6.07) is 11.5. The van der Waals surface area contributed by atoms with E-state index in [1.54, 1.807) is 42.5 Å². The Morgan fingerprint density at radius 1 is 1.00 bits per heavy atom. The number of fused-ring (bicyclic) bond motifs is 1. The van der Waals surface area contributed by atoms with Crippen LogP contribution in [-0.4, -0.2) is 29.3 Å². The monoisotopic (exact) mass is 348 g/mol. The fourth-order valence-electron chi connectivity index (χ4n) is 2.67. The van der Waals surface area contributed by atoms with Crippen LogP contribution in [0.15, 0.2) is 42.5 Å². The molecule has 0 aromatic heterocycles. The van der Waals surface area contributed by atoms with Crippen molar-refractivity contribution >= 4 is 35.0 Å². The number of amides is 2. The summed E-state index contributed by atoms with van der Waals surface area (Å²) in [4.78, 5) is 25.8. The first-order valence-electron chi connectivity index (χ1n) is 7.12. The Kier molecular flexibility index (Phi) is 4.39. The van der Waals surface area contributed by atoms with Gasteiger partial charge in [0.05, 0.1) is 11.1 Å². The molecular formula is C17H14Cl2N2O2. The summed E-state index contributed by atoms with van der Waals surface area (Å²) < 4.78 is 0. The maximum absolute atomic E-state index is 12.3. The van der Waals surface area contributed by atoms with Crippen LogP contribution < -0.4 is 5.73 Å². The normalized spacial score (nSPS) is 15.0. The fraction of sp³-hybridized carbons (Fsp3) is 0.176. The molecule has 6 heteroatoms. The molecule has 0 fully saturated rings. The minimum atomic E-state index is -0.407. The zero-order valence-electron chi connectivity index (χ0n) is 12.1. The van der Waals surface area contributed by atoms with E-state index < -0.39 is 6.04 Å². The van der Waals surface area contributed by atoms with Crippen LogP contribution in [0.3, 0.4) is 0 Å². The molecule has 0 unspecified atom stereocenters. The molecule has 2 aromatic rings. The van der Waals surface area contributed by atoms with Gasteiger partial charge in [-0.1, -0.05) is 41.4 Å². The molecule has 118 valence electrons. The van der Waals surface area contributed by atoms with Crippen molar-refractivity contribution in [3.63, 3.8) is 0 Å². The molecule has 3 rings (SSSR count). The standard InChI is InChI=1S/C17H14Cl2N2O2/c18-11-6-5-10(15(19)8-11)7-12(20)9-21-16(22)13-3-1-2-4-14(13)17(21)23/h1-6,8,12H,7,9,20H2/t12-/m0/s1. The van der Waals surface area contributed by atoms with Crippen LogP contribution in [-0.2, 0) is 6.42 Å². The van der Waals surface area contributed by atoms with Crippen molar-refractivity contribution in [3.05, 3.63) is 69.2 Å². The van der Waals surface area contributed by atoms with Crippen LogP contribution in [0.4, 0.5) is 0 Å². The summed E-state index contributed by atoms with van der Waals surface area (Å²) in [7, 11) is 0. The Morgan fingerprint density at radius 2 is 1.61 bits per heavy atom. The van der Waals surface area contributed by atoms with E-state index in [2.05, 4.69) is 0 Å². The molecule has 0 saturated carbocycles. The van der Waals surface area contributed by atoms with Crippen LogP contribution in [0.2, 0.25) is 10.0 Å². The minimum Gasteiger partial charge on any atom is -0.326 e. The Balaban J connectivity index is 1.73. The SMILES string of the molecule is N[C@@H](Cc1ccc(Cl)cc1Cl)CN1C(=O)c2ccccc2C1=O. The van der Waals surface area contributed by atoms with Crippen molar-refractivity contribution in [2.75, 3.05) is 6.54 Å². The van der Waals surface area contributed by atoms with Gasteiger partial charge in [0.15, 0.2) is 0 Å². The number of nitrogens with two attached hydrogens (primary N) is 1. The zero-order valence-corrected chi connectivity index (χ0v) is 13.6. The molecule has 1 aliphatic rings. The van der Waals surface area contributed by atoms with E-state index in [0.717, 1.165) is 5.56 Å². The largest absolute Gasteiger partial charge is 0.326 e. The van der Waals surface area contributed by atoms with Gasteiger partial charge in [0.1, 0.15) is 0 Å². The Hall–Kier alpha value is -1.88. The molecule has 2 amide bonds. The van der Waals surface area contributed by atoms with Crippen LogP contribution >= 0.6 is 23.2 Å². The number of benzene rings is 2. The summed E-state index contributed by atoms with van der Waals surface area (Å²) in [5.41, 5.74) is 7.80. The summed E-state index contributed by atoms with van der Waals surface area (Å²) >= 11 is 12.0. The first-order chi connectivity index (χ1) is 11.0. The number of carbonyl (C=O) groups excluding carboxylic acids is 2. The van der Waals surface area contributed by atoms with E-state index in [9.17, 15) is 9.59 Å². The third-order valence-electron chi connectivity index (χ3n) is 3.79. The third kappa shape index (κ3) is 3.11. The van der Waals surface area contributed by atoms with Gasteiger partial charge in [-0.15, -0.1) is 0 Å². The van der Waals surface area contributed by atoms with Crippen molar-refractivity contribution in [2.45, 2.75) is 12.5 Å². The summed E-state index contributed by atoms with van der Waals surface area (Å²) in [6.07, 6.45) is 0.448. The minimum absolute atomic E-state index is 0.144. The molecule has 2 N–H and O–H groups in total. The van der Waals surface area contributed by atoms with Gasteiger partial charge in [-0.05, 0) is 36.2 Å². The number of rotatable bonds is 4. The predicted octanol–water partition coefficient (Wildman–Crippen LogP) is 3.16. The van der Waals surface area contributed by atoms with Crippen molar-refractivity contribution in [3.8, 4) is 0 Å². The van der Waals surface area contributed by atoms with E-state index in [0.29, 0.717) is 27.6 Å². The highest BCUT2D eigenvalue weighted by molar-refractivity contribution is 6.35. The van der Waals surface area contributed by atoms with Crippen LogP contribution in [0, 0.1) is 0 Å². The Labute approximate surface area is 143 Å². The maximum atomic E-state index is 12.3. The van der Waals surface area contributed by atoms with E-state index >= 15 is 0 Å². The molecule has 1 aliphatic heterocycles. The molecule has 1 atom stereocenters. The lowest BCUT2D eigenvalue weighted by atomic mass is 10.1. The van der Waals surface area contributed by atoms with Crippen LogP contribution in [0.1, 0.15) is 26.3 Å². The molecule has 0 spiro atoms. The van der Waals surface area contributed by atoms with Crippen molar-refractivity contribution in [2.24, 2.45) is 5.73 Å². The van der Waals surface area contributed by atoms with E-state index in [1.165, 1.54) is 4.90 Å². The first-order valence-corrected chi connectivity index (χ1v) is 7.87. The third-order valence-corrected chi connectivity index (χ3v) is 4.38. The molecule has 0 saturated heterocycles. The van der Waals surface area contributed by atoms with Gasteiger partial charge in [-0.3, -0.25) is 14.5 Å². The predicted molar refractivity (Wildman–Crippen MR) is 90.0 cm³/mol. The summed E-state index contributed by atoms with van der Waals surface area (Å²) in [6.45, 7) is 0.144. The van der Waals surface area contributed by atoms with Crippen molar-refractivity contribution < 1.29 is 9.59 Å². The topological polar surface area (TPSA) is 63.4 Å². The van der Waals surface area contributed by atoms with Gasteiger partial charge >= 0.3 is 0 Å². The zero-order chi connectivity index (χ0) is 16.6. The molecular weight excluding hydrogens is 335 g/mol. The molecule has 23 heavy (non-hydrogen) atoms. The number of imide groups is 1.